The second-order valence-electron chi connectivity index (χ2n) is 8.42. The molecule has 0 aliphatic heterocycles. The number of aryl methyl sites for hydroxylation is 1. The molecule has 2 rings (SSSR count). The summed E-state index contributed by atoms with van der Waals surface area (Å²) in [5.41, 5.74) is 7.70. The fraction of sp³-hybridized carbons (Fsp3) is 0.607. The lowest BCUT2D eigenvalue weighted by molar-refractivity contribution is -0.120. The average Bonchev–Trinajstić information content (AvgIpc) is 2.95. The van der Waals surface area contributed by atoms with E-state index in [1.165, 1.54) is 0 Å². The number of anilines is 1. The Balaban J connectivity index is 1.35. The average molecular weight is 550 g/mol. The Morgan fingerprint density at radius 1 is 0.692 bits per heavy atom. The summed E-state index contributed by atoms with van der Waals surface area (Å²) in [4.78, 5) is 20.2. The number of rotatable bonds is 25. The minimum atomic E-state index is 0.176. The van der Waals surface area contributed by atoms with Crippen molar-refractivity contribution in [2.45, 2.75) is 32.8 Å². The summed E-state index contributed by atoms with van der Waals surface area (Å²) in [6.07, 6.45) is 3.12. The molecule has 0 radical (unpaired) electrons. The molecule has 2 N–H and O–H groups in total. The Morgan fingerprint density at radius 2 is 1.21 bits per heavy atom. The van der Waals surface area contributed by atoms with Crippen LogP contribution in [0.2, 0.25) is 0 Å². The van der Waals surface area contributed by atoms with Crippen LogP contribution in [0.25, 0.3) is 0 Å². The van der Waals surface area contributed by atoms with Crippen molar-refractivity contribution in [3.63, 3.8) is 0 Å². The van der Waals surface area contributed by atoms with E-state index in [1.807, 2.05) is 31.2 Å². The number of nitrogens with two attached hydrogens (primary N) is 1. The molecular weight excluding hydrogens is 506 g/mol. The number of hydrogen-bond donors (Lipinski definition) is 1. The minimum absolute atomic E-state index is 0.176. The van der Waals surface area contributed by atoms with Crippen LogP contribution in [0.5, 0.6) is 6.01 Å². The van der Waals surface area contributed by atoms with Crippen LogP contribution in [0.4, 0.5) is 5.82 Å². The SMILES string of the molecule is CCOCCOCCOCCOCCOCCOCCC(=O)CCc1ccc(COc2nccc(N)n2)cc1. The highest BCUT2D eigenvalue weighted by Crippen LogP contribution is 2.11. The predicted molar refractivity (Wildman–Crippen MR) is 146 cm³/mol. The molecule has 0 bridgehead atoms. The Kier molecular flexibility index (Phi) is 18.5. The smallest absolute Gasteiger partial charge is 0.318 e. The summed E-state index contributed by atoms with van der Waals surface area (Å²) in [6, 6.07) is 9.79. The van der Waals surface area contributed by atoms with Gasteiger partial charge in [0.05, 0.1) is 72.7 Å². The first-order valence-corrected chi connectivity index (χ1v) is 13.4. The molecule has 0 spiro atoms. The molecule has 0 saturated heterocycles. The molecule has 0 aliphatic carbocycles. The summed E-state index contributed by atoms with van der Waals surface area (Å²) < 4.78 is 37.9. The van der Waals surface area contributed by atoms with Gasteiger partial charge in [0.15, 0.2) is 0 Å². The van der Waals surface area contributed by atoms with E-state index < -0.39 is 0 Å². The maximum atomic E-state index is 12.1. The zero-order chi connectivity index (χ0) is 27.8. The lowest BCUT2D eigenvalue weighted by Gasteiger charge is -2.08. The van der Waals surface area contributed by atoms with E-state index in [2.05, 4.69) is 9.97 Å². The molecule has 218 valence electrons. The summed E-state index contributed by atoms with van der Waals surface area (Å²) in [5, 5.41) is 0. The van der Waals surface area contributed by atoms with E-state index >= 15 is 0 Å². The quantitative estimate of drug-likeness (QED) is 0.183. The van der Waals surface area contributed by atoms with Crippen molar-refractivity contribution in [3.8, 4) is 6.01 Å². The summed E-state index contributed by atoms with van der Waals surface area (Å²) in [5.74, 6) is 0.541. The van der Waals surface area contributed by atoms with Crippen LogP contribution in [0, 0.1) is 0 Å². The van der Waals surface area contributed by atoms with E-state index in [0.717, 1.165) is 11.1 Å². The second kappa shape index (κ2) is 22.2. The van der Waals surface area contributed by atoms with Gasteiger partial charge in [0.2, 0.25) is 0 Å². The molecule has 0 amide bonds. The maximum absolute atomic E-state index is 12.1. The first kappa shape index (κ1) is 32.5. The van der Waals surface area contributed by atoms with Gasteiger partial charge in [-0.15, -0.1) is 0 Å². The first-order valence-electron chi connectivity index (χ1n) is 13.4. The molecule has 1 heterocycles. The number of Topliss-reactive ketones (excluding diaryl/α,β-unsaturated/α-hetero) is 1. The standard InChI is InChI=1S/C28H43N3O8/c1-2-33-13-14-35-17-18-37-21-22-38-20-19-36-16-15-34-12-10-26(32)8-7-24-3-5-25(6-4-24)23-39-28-30-11-9-27(29)31-28/h3-6,9,11H,2,7-8,10,12-23H2,1H3,(H2,29,30,31). The lowest BCUT2D eigenvalue weighted by atomic mass is 10.0. The molecule has 1 aromatic heterocycles. The van der Waals surface area contributed by atoms with Gasteiger partial charge in [-0.2, -0.15) is 4.98 Å². The minimum Gasteiger partial charge on any atom is -0.459 e. The van der Waals surface area contributed by atoms with E-state index in [9.17, 15) is 4.79 Å². The van der Waals surface area contributed by atoms with Gasteiger partial charge < -0.3 is 38.9 Å². The zero-order valence-corrected chi connectivity index (χ0v) is 23.0. The number of nitrogen functional groups attached to an aromatic ring is 1. The molecule has 1 aromatic carbocycles. The normalized spacial score (nSPS) is 11.1. The van der Waals surface area contributed by atoms with Crippen LogP contribution in [0.1, 0.15) is 30.9 Å². The van der Waals surface area contributed by atoms with Crippen LogP contribution in [0.15, 0.2) is 36.5 Å². The highest BCUT2D eigenvalue weighted by atomic mass is 16.6. The highest BCUT2D eigenvalue weighted by Gasteiger charge is 2.05. The maximum Gasteiger partial charge on any atom is 0.318 e. The zero-order valence-electron chi connectivity index (χ0n) is 23.0. The van der Waals surface area contributed by atoms with Crippen molar-refractivity contribution >= 4 is 11.6 Å². The number of benzene rings is 1. The number of carbonyl (C=O) groups excluding carboxylic acids is 1. The van der Waals surface area contributed by atoms with E-state index in [1.54, 1.807) is 12.3 Å². The molecule has 0 fully saturated rings. The largest absolute Gasteiger partial charge is 0.459 e. The third kappa shape index (κ3) is 17.5. The summed E-state index contributed by atoms with van der Waals surface area (Å²) >= 11 is 0. The summed E-state index contributed by atoms with van der Waals surface area (Å²) in [7, 11) is 0. The van der Waals surface area contributed by atoms with Crippen molar-refractivity contribution in [1.29, 1.82) is 0 Å². The number of carbonyl (C=O) groups is 1. The third-order valence-electron chi connectivity index (χ3n) is 5.33. The van der Waals surface area contributed by atoms with E-state index in [-0.39, 0.29) is 11.8 Å². The summed E-state index contributed by atoms with van der Waals surface area (Å²) in [6.45, 7) is 8.62. The first-order chi connectivity index (χ1) is 19.2. The molecule has 0 unspecified atom stereocenters. The Labute approximate surface area is 231 Å². The Morgan fingerprint density at radius 3 is 1.74 bits per heavy atom. The van der Waals surface area contributed by atoms with Crippen molar-refractivity contribution in [2.75, 3.05) is 85.0 Å². The van der Waals surface area contributed by atoms with Crippen LogP contribution in [-0.2, 0) is 46.2 Å². The van der Waals surface area contributed by atoms with E-state index in [0.29, 0.717) is 111 Å². The molecule has 0 aliphatic rings. The number of ketones is 1. The van der Waals surface area contributed by atoms with Gasteiger partial charge in [0.25, 0.3) is 0 Å². The molecule has 11 heteroatoms. The molecule has 2 aromatic rings. The topological polar surface area (TPSA) is 133 Å². The van der Waals surface area contributed by atoms with Crippen molar-refractivity contribution in [1.82, 2.24) is 9.97 Å². The number of nitrogens with zero attached hydrogens (tertiary/aromatic N) is 2. The number of aromatic nitrogens is 2. The monoisotopic (exact) mass is 549 g/mol. The van der Waals surface area contributed by atoms with Gasteiger partial charge >= 0.3 is 6.01 Å². The lowest BCUT2D eigenvalue weighted by Crippen LogP contribution is -2.14. The van der Waals surface area contributed by atoms with Crippen LogP contribution < -0.4 is 10.5 Å². The molecular formula is C28H43N3O8. The Hall–Kier alpha value is -2.67. The van der Waals surface area contributed by atoms with Gasteiger partial charge in [-0.05, 0) is 30.5 Å². The van der Waals surface area contributed by atoms with Gasteiger partial charge in [0, 0.05) is 25.6 Å². The predicted octanol–water partition coefficient (Wildman–Crippen LogP) is 2.65. The van der Waals surface area contributed by atoms with Gasteiger partial charge in [-0.3, -0.25) is 4.79 Å². The second-order valence-corrected chi connectivity index (χ2v) is 8.42. The fourth-order valence-corrected chi connectivity index (χ4v) is 3.21. The fourth-order valence-electron chi connectivity index (χ4n) is 3.21. The highest BCUT2D eigenvalue weighted by molar-refractivity contribution is 5.78. The van der Waals surface area contributed by atoms with E-state index in [4.69, 9.17) is 38.9 Å². The van der Waals surface area contributed by atoms with Gasteiger partial charge in [-0.25, -0.2) is 4.98 Å². The molecule has 11 nitrogen and oxygen atoms in total. The third-order valence-corrected chi connectivity index (χ3v) is 5.33. The van der Waals surface area contributed by atoms with Crippen molar-refractivity contribution < 1.29 is 38.0 Å². The molecule has 39 heavy (non-hydrogen) atoms. The number of ether oxygens (including phenoxy) is 7. The van der Waals surface area contributed by atoms with Crippen LogP contribution in [-0.4, -0.2) is 95.0 Å². The van der Waals surface area contributed by atoms with Crippen LogP contribution in [0.3, 0.4) is 0 Å². The number of hydrogen-bond acceptors (Lipinski definition) is 11. The van der Waals surface area contributed by atoms with Crippen LogP contribution >= 0.6 is 0 Å². The van der Waals surface area contributed by atoms with Gasteiger partial charge in [0.1, 0.15) is 18.2 Å². The van der Waals surface area contributed by atoms with Crippen molar-refractivity contribution in [2.24, 2.45) is 0 Å². The van der Waals surface area contributed by atoms with Gasteiger partial charge in [-0.1, -0.05) is 24.3 Å². The molecule has 0 atom stereocenters. The Bertz CT molecular complexity index is 885. The molecule has 0 saturated carbocycles. The van der Waals surface area contributed by atoms with Crippen molar-refractivity contribution in [3.05, 3.63) is 47.7 Å².